The van der Waals surface area contributed by atoms with Gasteiger partial charge in [0.2, 0.25) is 11.8 Å². The molecule has 11 nitrogen and oxygen atoms in total. The van der Waals surface area contributed by atoms with E-state index in [9.17, 15) is 28.1 Å². The Hall–Kier alpha value is -4.45. The molecule has 1 atom stereocenters. The van der Waals surface area contributed by atoms with Crippen LogP contribution in [0.5, 0.6) is 5.75 Å². The lowest BCUT2D eigenvalue weighted by atomic mass is 10.1. The third kappa shape index (κ3) is 8.34. The van der Waals surface area contributed by atoms with Crippen LogP contribution in [0.4, 0.5) is 11.4 Å². The number of carbonyl (C=O) groups excluding carboxylic acids is 2. The highest BCUT2D eigenvalue weighted by Gasteiger charge is 2.35. The average Bonchev–Trinajstić information content (AvgIpc) is 2.95. The van der Waals surface area contributed by atoms with E-state index in [0.717, 1.165) is 21.5 Å². The lowest BCUT2D eigenvalue weighted by molar-refractivity contribution is -0.385. The molecule has 0 aliphatic rings. The Morgan fingerprint density at radius 3 is 2.14 bits per heavy atom. The van der Waals surface area contributed by atoms with Crippen LogP contribution in [0, 0.1) is 24.0 Å². The predicted molar refractivity (Wildman–Crippen MR) is 169 cm³/mol. The Balaban J connectivity index is 2.13. The summed E-state index contributed by atoms with van der Waals surface area (Å²) in [5.74, 6) is -0.523. The van der Waals surface area contributed by atoms with Gasteiger partial charge in [-0.15, -0.1) is 0 Å². The number of sulfonamides is 1. The normalized spacial score (nSPS) is 12.2. The summed E-state index contributed by atoms with van der Waals surface area (Å²) >= 11 is 0. The number of nitro groups is 1. The monoisotopic (exact) mass is 624 g/mol. The molecule has 3 aromatic carbocycles. The van der Waals surface area contributed by atoms with Crippen molar-refractivity contribution in [3.63, 3.8) is 0 Å². The molecule has 0 heterocycles. The Bertz CT molecular complexity index is 1600. The van der Waals surface area contributed by atoms with Gasteiger partial charge in [0.25, 0.3) is 15.7 Å². The average molecular weight is 625 g/mol. The minimum absolute atomic E-state index is 0.0572. The van der Waals surface area contributed by atoms with Gasteiger partial charge >= 0.3 is 0 Å². The van der Waals surface area contributed by atoms with E-state index in [2.05, 4.69) is 5.32 Å². The van der Waals surface area contributed by atoms with Crippen LogP contribution < -0.4 is 14.4 Å². The van der Waals surface area contributed by atoms with E-state index in [-0.39, 0.29) is 35.1 Å². The third-order valence-corrected chi connectivity index (χ3v) is 8.73. The van der Waals surface area contributed by atoms with E-state index in [1.807, 2.05) is 52.0 Å². The Morgan fingerprint density at radius 1 is 1.00 bits per heavy atom. The summed E-state index contributed by atoms with van der Waals surface area (Å²) < 4.78 is 34.3. The molecule has 0 spiro atoms. The number of carbonyl (C=O) groups is 2. The fourth-order valence-electron chi connectivity index (χ4n) is 4.61. The maximum absolute atomic E-state index is 14.2. The molecule has 0 radical (unpaired) electrons. The number of benzene rings is 3. The molecule has 3 aromatic rings. The minimum atomic E-state index is -4.49. The van der Waals surface area contributed by atoms with Gasteiger partial charge in [0.1, 0.15) is 18.3 Å². The van der Waals surface area contributed by atoms with Crippen molar-refractivity contribution in [1.29, 1.82) is 0 Å². The highest BCUT2D eigenvalue weighted by Crippen LogP contribution is 2.29. The van der Waals surface area contributed by atoms with Crippen molar-refractivity contribution in [1.82, 2.24) is 10.2 Å². The van der Waals surface area contributed by atoms with E-state index >= 15 is 0 Å². The maximum Gasteiger partial charge on any atom is 0.273 e. The summed E-state index contributed by atoms with van der Waals surface area (Å²) in [6.45, 7) is 10.1. The molecule has 236 valence electrons. The molecule has 0 saturated carbocycles. The standard InChI is InChI=1S/C32H40N4O7S/c1-8-28(31(38)33-32(4,5)6)34(20-24-12-9-22(2)10-13-24)30(37)21-35(25-14-16-26(43-7)17-15-25)44(41,42)27-18-11-23(3)29(19-27)36(39)40/h9-19,28H,8,20-21H2,1-7H3,(H,33,38). The molecule has 0 saturated heterocycles. The molecule has 0 fully saturated rings. The van der Waals surface area contributed by atoms with Crippen molar-refractivity contribution in [2.75, 3.05) is 18.0 Å². The van der Waals surface area contributed by atoms with E-state index in [1.165, 1.54) is 43.2 Å². The van der Waals surface area contributed by atoms with Crippen molar-refractivity contribution in [3.8, 4) is 5.75 Å². The number of anilines is 1. The SMILES string of the molecule is CCC(C(=O)NC(C)(C)C)N(Cc1ccc(C)cc1)C(=O)CN(c1ccc(OC)cc1)S(=O)(=O)c1ccc(C)c([N+](=O)[O-])c1. The molecule has 0 aliphatic heterocycles. The van der Waals surface area contributed by atoms with Gasteiger partial charge in [-0.2, -0.15) is 0 Å². The number of hydrogen-bond donors (Lipinski definition) is 1. The van der Waals surface area contributed by atoms with Crippen LogP contribution in [0.2, 0.25) is 0 Å². The van der Waals surface area contributed by atoms with Gasteiger partial charge in [-0.25, -0.2) is 8.42 Å². The zero-order chi connectivity index (χ0) is 32.8. The molecule has 1 N–H and O–H groups in total. The summed E-state index contributed by atoms with van der Waals surface area (Å²) in [4.78, 5) is 39.7. The molecule has 44 heavy (non-hydrogen) atoms. The minimum Gasteiger partial charge on any atom is -0.497 e. The number of amides is 2. The van der Waals surface area contributed by atoms with Crippen molar-refractivity contribution < 1.29 is 27.7 Å². The van der Waals surface area contributed by atoms with Crippen molar-refractivity contribution in [2.24, 2.45) is 0 Å². The molecule has 0 aliphatic carbocycles. The number of rotatable bonds is 12. The first-order valence-corrected chi connectivity index (χ1v) is 15.6. The molecular formula is C32H40N4O7S. The maximum atomic E-state index is 14.2. The lowest BCUT2D eigenvalue weighted by Gasteiger charge is -2.34. The van der Waals surface area contributed by atoms with Gasteiger partial charge in [-0.3, -0.25) is 24.0 Å². The number of methoxy groups -OCH3 is 1. The number of hydrogen-bond acceptors (Lipinski definition) is 7. The predicted octanol–water partition coefficient (Wildman–Crippen LogP) is 5.14. The van der Waals surface area contributed by atoms with Crippen molar-refractivity contribution >= 4 is 33.2 Å². The summed E-state index contributed by atoms with van der Waals surface area (Å²) in [6.07, 6.45) is 0.277. The second-order valence-corrected chi connectivity index (χ2v) is 13.4. The van der Waals surface area contributed by atoms with Gasteiger partial charge in [0.05, 0.1) is 22.6 Å². The fraction of sp³-hybridized carbons (Fsp3) is 0.375. The van der Waals surface area contributed by atoms with E-state index in [1.54, 1.807) is 19.1 Å². The molecule has 12 heteroatoms. The first-order chi connectivity index (χ1) is 20.6. The summed E-state index contributed by atoms with van der Waals surface area (Å²) in [5.41, 5.74) is 1.29. The molecule has 0 aromatic heterocycles. The van der Waals surface area contributed by atoms with E-state index in [0.29, 0.717) is 11.3 Å². The van der Waals surface area contributed by atoms with Crippen molar-refractivity contribution in [3.05, 3.63) is 93.5 Å². The number of nitro benzene ring substituents is 1. The van der Waals surface area contributed by atoms with E-state index in [4.69, 9.17) is 4.74 Å². The fourth-order valence-corrected chi connectivity index (χ4v) is 6.05. The smallest absolute Gasteiger partial charge is 0.273 e. The summed E-state index contributed by atoms with van der Waals surface area (Å²) in [6, 6.07) is 16.3. The van der Waals surface area contributed by atoms with Gasteiger partial charge < -0.3 is 15.0 Å². The molecule has 2 amide bonds. The summed E-state index contributed by atoms with van der Waals surface area (Å²) in [7, 11) is -3.03. The molecule has 0 bridgehead atoms. The van der Waals surface area contributed by atoms with Crippen LogP contribution in [0.25, 0.3) is 0 Å². The topological polar surface area (TPSA) is 139 Å². The lowest BCUT2D eigenvalue weighted by Crippen LogP contribution is -2.55. The Labute approximate surface area is 259 Å². The molecule has 3 rings (SSSR count). The third-order valence-electron chi connectivity index (χ3n) is 6.96. The highest BCUT2D eigenvalue weighted by atomic mass is 32.2. The van der Waals surface area contributed by atoms with Crippen molar-refractivity contribution in [2.45, 2.75) is 71.0 Å². The van der Waals surface area contributed by atoms with Gasteiger partial charge in [0.15, 0.2) is 0 Å². The summed E-state index contributed by atoms with van der Waals surface area (Å²) in [5, 5.41) is 14.6. The van der Waals surface area contributed by atoms with Gasteiger partial charge in [0, 0.05) is 23.7 Å². The quantitative estimate of drug-likeness (QED) is 0.218. The van der Waals surface area contributed by atoms with Crippen LogP contribution in [-0.2, 0) is 26.2 Å². The van der Waals surface area contributed by atoms with Crippen LogP contribution >= 0.6 is 0 Å². The van der Waals surface area contributed by atoms with Crippen LogP contribution in [0.3, 0.4) is 0 Å². The Morgan fingerprint density at radius 2 is 1.61 bits per heavy atom. The second-order valence-electron chi connectivity index (χ2n) is 11.6. The largest absolute Gasteiger partial charge is 0.497 e. The van der Waals surface area contributed by atoms with Crippen LogP contribution in [0.1, 0.15) is 50.8 Å². The van der Waals surface area contributed by atoms with Crippen LogP contribution in [0.15, 0.2) is 71.6 Å². The highest BCUT2D eigenvalue weighted by molar-refractivity contribution is 7.92. The zero-order valence-corrected chi connectivity index (χ0v) is 27.0. The Kier molecular flexibility index (Phi) is 10.7. The second kappa shape index (κ2) is 13.9. The van der Waals surface area contributed by atoms with E-state index < -0.39 is 39.0 Å². The number of nitrogens with one attached hydrogen (secondary N) is 1. The number of nitrogens with zero attached hydrogens (tertiary/aromatic N) is 3. The first kappa shape index (κ1) is 34.0. The number of ether oxygens (including phenoxy) is 1. The number of aryl methyl sites for hydroxylation is 2. The van der Waals surface area contributed by atoms with Gasteiger partial charge in [-0.05, 0) is 76.9 Å². The molecular weight excluding hydrogens is 584 g/mol. The van der Waals surface area contributed by atoms with Crippen LogP contribution in [-0.4, -0.2) is 55.3 Å². The van der Waals surface area contributed by atoms with Gasteiger partial charge in [-0.1, -0.05) is 42.8 Å². The molecule has 1 unspecified atom stereocenters. The first-order valence-electron chi connectivity index (χ1n) is 14.2. The zero-order valence-electron chi connectivity index (χ0n) is 26.2.